The summed E-state index contributed by atoms with van der Waals surface area (Å²) in [5.74, 6) is -1.88. The summed E-state index contributed by atoms with van der Waals surface area (Å²) in [6.07, 6.45) is 0.800. The maximum absolute atomic E-state index is 14.8. The van der Waals surface area contributed by atoms with E-state index in [-0.39, 0.29) is 18.7 Å². The second-order valence-corrected chi connectivity index (χ2v) is 10.2. The van der Waals surface area contributed by atoms with Gasteiger partial charge in [0.1, 0.15) is 42.2 Å². The molecule has 3 atom stereocenters. The Labute approximate surface area is 234 Å². The van der Waals surface area contributed by atoms with Gasteiger partial charge in [0.2, 0.25) is 5.91 Å². The molecule has 2 aliphatic rings. The van der Waals surface area contributed by atoms with Crippen LogP contribution in [-0.4, -0.2) is 58.3 Å². The number of aliphatic hydroxyl groups is 2. The van der Waals surface area contributed by atoms with E-state index in [1.807, 2.05) is 0 Å². The molecule has 3 aromatic rings. The number of carbonyl (C=O) groups excluding carboxylic acids is 3. The van der Waals surface area contributed by atoms with Gasteiger partial charge in [-0.2, -0.15) is 0 Å². The average molecular weight is 566 g/mol. The summed E-state index contributed by atoms with van der Waals surface area (Å²) in [7, 11) is 0. The summed E-state index contributed by atoms with van der Waals surface area (Å²) in [6, 6.07) is 12.8. The summed E-state index contributed by atoms with van der Waals surface area (Å²) in [4.78, 5) is 40.9. The van der Waals surface area contributed by atoms with Gasteiger partial charge in [0.25, 0.3) is 5.91 Å². The number of nitrogens with zero attached hydrogens (tertiary/aromatic N) is 1. The number of nitrogens with one attached hydrogen (secondary N) is 2. The number of benzene rings is 3. The molecule has 4 amide bonds. The van der Waals surface area contributed by atoms with Gasteiger partial charge in [0, 0.05) is 6.42 Å². The molecule has 9 nitrogen and oxygen atoms in total. The SMILES string of the molecule is O=C(Nc1ccc(C2CC2)cc1F)C(Cc1ccc(F)cc1)N1C(=O)N[C@H](c2ccc(OC[C@@H](O)CO)cc2)C1=O. The first-order valence-electron chi connectivity index (χ1n) is 13.2. The van der Waals surface area contributed by atoms with Gasteiger partial charge in [-0.05, 0) is 71.8 Å². The number of carbonyl (C=O) groups is 3. The number of ether oxygens (including phenoxy) is 1. The molecule has 1 heterocycles. The van der Waals surface area contributed by atoms with Crippen molar-refractivity contribution in [1.29, 1.82) is 0 Å². The molecular formula is C30H29F2N3O6. The quantitative estimate of drug-likeness (QED) is 0.264. The first-order chi connectivity index (χ1) is 19.7. The van der Waals surface area contributed by atoms with Crippen LogP contribution in [0.1, 0.15) is 41.5 Å². The lowest BCUT2D eigenvalue weighted by Crippen LogP contribution is -2.49. The molecule has 214 valence electrons. The van der Waals surface area contributed by atoms with Gasteiger partial charge >= 0.3 is 6.03 Å². The predicted octanol–water partition coefficient (Wildman–Crippen LogP) is 3.42. The normalized spacial score (nSPS) is 18.1. The molecule has 1 saturated carbocycles. The average Bonchev–Trinajstić information content (AvgIpc) is 3.78. The lowest BCUT2D eigenvalue weighted by molar-refractivity contribution is -0.134. The Morgan fingerprint density at radius 1 is 1.02 bits per heavy atom. The van der Waals surface area contributed by atoms with Gasteiger partial charge in [0.15, 0.2) is 0 Å². The third-order valence-electron chi connectivity index (χ3n) is 7.09. The number of amides is 4. The van der Waals surface area contributed by atoms with Crippen LogP contribution in [0.25, 0.3) is 0 Å². The van der Waals surface area contributed by atoms with Crippen LogP contribution in [0.15, 0.2) is 66.7 Å². The summed E-state index contributed by atoms with van der Waals surface area (Å²) in [6.45, 7) is -0.589. The largest absolute Gasteiger partial charge is 0.491 e. The predicted molar refractivity (Wildman–Crippen MR) is 144 cm³/mol. The Morgan fingerprint density at radius 2 is 1.71 bits per heavy atom. The molecule has 1 aliphatic carbocycles. The van der Waals surface area contributed by atoms with Crippen molar-refractivity contribution in [3.05, 3.63) is 95.1 Å². The standard InChI is InChI=1S/C30H29F2N3O6/c31-21-8-1-17(2-9-21)13-26(28(38)33-25-12-7-20(14-24(25)32)18-3-4-18)35-29(39)27(34-30(35)40)19-5-10-23(11-6-19)41-16-22(37)15-36/h1-2,5-12,14,18,22,26-27,36-37H,3-4,13,15-16H2,(H,33,38)(H,34,40)/t22-,26?,27+/m0/s1. The second-order valence-electron chi connectivity index (χ2n) is 10.2. The van der Waals surface area contributed by atoms with Crippen LogP contribution in [0, 0.1) is 11.6 Å². The lowest BCUT2D eigenvalue weighted by Gasteiger charge is -2.25. The van der Waals surface area contributed by atoms with Crippen LogP contribution in [0.3, 0.4) is 0 Å². The van der Waals surface area contributed by atoms with Crippen molar-refractivity contribution in [2.45, 2.75) is 43.4 Å². The first kappa shape index (κ1) is 28.2. The van der Waals surface area contributed by atoms with Crippen molar-refractivity contribution in [2.75, 3.05) is 18.5 Å². The maximum atomic E-state index is 14.8. The van der Waals surface area contributed by atoms with Gasteiger partial charge in [-0.1, -0.05) is 30.3 Å². The molecule has 0 aromatic heterocycles. The van der Waals surface area contributed by atoms with Crippen molar-refractivity contribution in [3.63, 3.8) is 0 Å². The minimum absolute atomic E-state index is 0.0750. The third-order valence-corrected chi connectivity index (χ3v) is 7.09. The van der Waals surface area contributed by atoms with E-state index >= 15 is 0 Å². The Morgan fingerprint density at radius 3 is 2.34 bits per heavy atom. The highest BCUT2D eigenvalue weighted by atomic mass is 19.1. The Bertz CT molecular complexity index is 1430. The fraction of sp³-hybridized carbons (Fsp3) is 0.300. The van der Waals surface area contributed by atoms with Crippen molar-refractivity contribution < 1.29 is 38.1 Å². The van der Waals surface area contributed by atoms with E-state index in [0.29, 0.717) is 22.8 Å². The monoisotopic (exact) mass is 565 g/mol. The van der Waals surface area contributed by atoms with E-state index in [2.05, 4.69) is 10.6 Å². The van der Waals surface area contributed by atoms with Gasteiger partial charge in [0.05, 0.1) is 12.3 Å². The number of hydrogen-bond acceptors (Lipinski definition) is 6. The number of imide groups is 1. The first-order valence-corrected chi connectivity index (χ1v) is 13.2. The highest BCUT2D eigenvalue weighted by molar-refractivity contribution is 6.09. The van der Waals surface area contributed by atoms with Crippen LogP contribution in [0.4, 0.5) is 19.3 Å². The van der Waals surface area contributed by atoms with Gasteiger partial charge in [-0.15, -0.1) is 0 Å². The Hall–Kier alpha value is -4.35. The second kappa shape index (κ2) is 12.0. The van der Waals surface area contributed by atoms with E-state index in [4.69, 9.17) is 9.84 Å². The Balaban J connectivity index is 1.36. The van der Waals surface area contributed by atoms with Gasteiger partial charge in [-0.3, -0.25) is 9.59 Å². The van der Waals surface area contributed by atoms with E-state index in [1.54, 1.807) is 18.2 Å². The molecule has 0 spiro atoms. The lowest BCUT2D eigenvalue weighted by atomic mass is 10.0. The molecule has 2 fully saturated rings. The molecule has 1 saturated heterocycles. The molecule has 11 heteroatoms. The number of halogens is 2. The third kappa shape index (κ3) is 6.53. The summed E-state index contributed by atoms with van der Waals surface area (Å²) in [5.41, 5.74) is 1.69. The van der Waals surface area contributed by atoms with Crippen molar-refractivity contribution in [2.24, 2.45) is 0 Å². The zero-order chi connectivity index (χ0) is 29.1. The van der Waals surface area contributed by atoms with Crippen LogP contribution < -0.4 is 15.4 Å². The van der Waals surface area contributed by atoms with Crippen molar-refractivity contribution >= 4 is 23.5 Å². The van der Waals surface area contributed by atoms with E-state index in [9.17, 15) is 28.3 Å². The summed E-state index contributed by atoms with van der Waals surface area (Å²) >= 11 is 0. The van der Waals surface area contributed by atoms with Crippen LogP contribution >= 0.6 is 0 Å². The molecule has 4 N–H and O–H groups in total. The maximum Gasteiger partial charge on any atom is 0.325 e. The smallest absolute Gasteiger partial charge is 0.325 e. The molecule has 41 heavy (non-hydrogen) atoms. The molecule has 0 radical (unpaired) electrons. The summed E-state index contributed by atoms with van der Waals surface area (Å²) < 4.78 is 33.7. The summed E-state index contributed by atoms with van der Waals surface area (Å²) in [5, 5.41) is 23.5. The van der Waals surface area contributed by atoms with Crippen molar-refractivity contribution in [3.8, 4) is 5.75 Å². The fourth-order valence-corrected chi connectivity index (χ4v) is 4.68. The number of aliphatic hydroxyl groups excluding tert-OH is 2. The fourth-order valence-electron chi connectivity index (χ4n) is 4.68. The molecule has 0 bridgehead atoms. The Kier molecular flexibility index (Phi) is 8.27. The molecule has 1 unspecified atom stereocenters. The number of rotatable bonds is 11. The zero-order valence-corrected chi connectivity index (χ0v) is 21.9. The van der Waals surface area contributed by atoms with E-state index < -0.39 is 54.3 Å². The molecule has 1 aliphatic heterocycles. The minimum Gasteiger partial charge on any atom is -0.491 e. The van der Waals surface area contributed by atoms with Crippen molar-refractivity contribution in [1.82, 2.24) is 10.2 Å². The highest BCUT2D eigenvalue weighted by Gasteiger charge is 2.45. The molecule has 3 aromatic carbocycles. The minimum atomic E-state index is -1.36. The van der Waals surface area contributed by atoms with Gasteiger partial charge in [-0.25, -0.2) is 18.5 Å². The zero-order valence-electron chi connectivity index (χ0n) is 21.9. The van der Waals surface area contributed by atoms with Crippen LogP contribution in [-0.2, 0) is 16.0 Å². The number of urea groups is 1. The molecule has 5 rings (SSSR count). The van der Waals surface area contributed by atoms with Crippen LogP contribution in [0.2, 0.25) is 0 Å². The van der Waals surface area contributed by atoms with E-state index in [1.165, 1.54) is 48.5 Å². The van der Waals surface area contributed by atoms with Gasteiger partial charge < -0.3 is 25.6 Å². The number of hydrogen-bond donors (Lipinski definition) is 4. The number of anilines is 1. The molecular weight excluding hydrogens is 536 g/mol. The van der Waals surface area contributed by atoms with E-state index in [0.717, 1.165) is 23.3 Å². The topological polar surface area (TPSA) is 128 Å². The highest BCUT2D eigenvalue weighted by Crippen LogP contribution is 2.40. The van der Waals surface area contributed by atoms with Crippen LogP contribution in [0.5, 0.6) is 5.75 Å².